The highest BCUT2D eigenvalue weighted by atomic mass is 16.5. The van der Waals surface area contributed by atoms with Gasteiger partial charge in [-0.2, -0.15) is 0 Å². The first-order chi connectivity index (χ1) is 11.5. The number of methoxy groups -OCH3 is 1. The van der Waals surface area contributed by atoms with Crippen LogP contribution in [-0.2, 0) is 4.74 Å². The Kier molecular flexibility index (Phi) is 4.76. The highest BCUT2D eigenvalue weighted by Gasteiger charge is 2.41. The molecular weight excluding hydrogens is 310 g/mol. The number of hydrogen-bond donors (Lipinski definition) is 2. The summed E-state index contributed by atoms with van der Waals surface area (Å²) >= 11 is 0. The molecule has 6 heteroatoms. The molecule has 1 amide bonds. The molecule has 6 nitrogen and oxygen atoms in total. The molecule has 1 spiro atoms. The number of rotatable bonds is 4. The predicted octanol–water partition coefficient (Wildman–Crippen LogP) is 2.62. The van der Waals surface area contributed by atoms with Gasteiger partial charge in [0.1, 0.15) is 5.75 Å². The van der Waals surface area contributed by atoms with Crippen molar-refractivity contribution in [2.24, 2.45) is 0 Å². The van der Waals surface area contributed by atoms with Gasteiger partial charge in [0, 0.05) is 5.56 Å². The summed E-state index contributed by atoms with van der Waals surface area (Å²) in [7, 11) is 1.44. The number of nitrogens with one attached hydrogen (secondary N) is 1. The molecule has 1 saturated carbocycles. The van der Waals surface area contributed by atoms with Gasteiger partial charge in [-0.05, 0) is 37.5 Å². The molecule has 1 unspecified atom stereocenters. The molecule has 1 saturated heterocycles. The van der Waals surface area contributed by atoms with Crippen LogP contribution in [0.4, 0.5) is 0 Å². The molecule has 24 heavy (non-hydrogen) atoms. The number of carbonyl (C=O) groups excluding carboxylic acids is 1. The number of aromatic carboxylic acids is 1. The van der Waals surface area contributed by atoms with Crippen LogP contribution in [0.5, 0.6) is 5.75 Å². The summed E-state index contributed by atoms with van der Waals surface area (Å²) in [5.41, 5.74) is 0.249. The first kappa shape index (κ1) is 16.8. The van der Waals surface area contributed by atoms with Crippen LogP contribution in [0.25, 0.3) is 0 Å². The lowest BCUT2D eigenvalue weighted by molar-refractivity contribution is -0.0246. The summed E-state index contributed by atoms with van der Waals surface area (Å²) in [5.74, 6) is -1.03. The normalized spacial score (nSPS) is 22.3. The SMILES string of the molecule is COc1cc(C(=O)O)cc(C(=O)NC2COC3(CCCCC3)C2)c1. The Morgan fingerprint density at radius 2 is 1.92 bits per heavy atom. The van der Waals surface area contributed by atoms with Crippen molar-refractivity contribution < 1.29 is 24.2 Å². The van der Waals surface area contributed by atoms with Crippen molar-refractivity contribution >= 4 is 11.9 Å². The standard InChI is InChI=1S/C18H23NO5/c1-23-15-8-12(7-13(9-15)17(21)22)16(20)19-14-10-18(24-11-14)5-3-2-4-6-18/h7-9,14H,2-6,10-11H2,1H3,(H,19,20)(H,21,22). The van der Waals surface area contributed by atoms with Crippen molar-refractivity contribution in [3.63, 3.8) is 0 Å². The Morgan fingerprint density at radius 1 is 1.21 bits per heavy atom. The topological polar surface area (TPSA) is 84.9 Å². The van der Waals surface area contributed by atoms with Crippen LogP contribution in [-0.4, -0.2) is 42.3 Å². The number of ether oxygens (including phenoxy) is 2. The Labute approximate surface area is 141 Å². The smallest absolute Gasteiger partial charge is 0.335 e. The highest BCUT2D eigenvalue weighted by molar-refractivity contribution is 5.98. The number of carbonyl (C=O) groups is 2. The largest absolute Gasteiger partial charge is 0.497 e. The third-order valence-corrected chi connectivity index (χ3v) is 4.96. The molecule has 1 aromatic carbocycles. The first-order valence-corrected chi connectivity index (χ1v) is 8.38. The lowest BCUT2D eigenvalue weighted by Gasteiger charge is -2.32. The van der Waals surface area contributed by atoms with Gasteiger partial charge < -0.3 is 19.9 Å². The summed E-state index contributed by atoms with van der Waals surface area (Å²) in [4.78, 5) is 23.7. The maximum atomic E-state index is 12.5. The molecule has 0 aromatic heterocycles. The second kappa shape index (κ2) is 6.81. The second-order valence-corrected chi connectivity index (χ2v) is 6.68. The Bertz CT molecular complexity index is 636. The van der Waals surface area contributed by atoms with Gasteiger partial charge in [-0.3, -0.25) is 4.79 Å². The van der Waals surface area contributed by atoms with Gasteiger partial charge in [0.15, 0.2) is 0 Å². The summed E-state index contributed by atoms with van der Waals surface area (Å²) in [6.45, 7) is 0.515. The van der Waals surface area contributed by atoms with Crippen LogP contribution in [0.2, 0.25) is 0 Å². The van der Waals surface area contributed by atoms with Gasteiger partial charge in [0.05, 0.1) is 30.9 Å². The second-order valence-electron chi connectivity index (χ2n) is 6.68. The van der Waals surface area contributed by atoms with E-state index >= 15 is 0 Å². The van der Waals surface area contributed by atoms with Crippen molar-refractivity contribution in [1.82, 2.24) is 5.32 Å². The van der Waals surface area contributed by atoms with E-state index < -0.39 is 5.97 Å². The zero-order valence-electron chi connectivity index (χ0n) is 13.8. The van der Waals surface area contributed by atoms with E-state index in [1.54, 1.807) is 6.07 Å². The molecular formula is C18H23NO5. The molecule has 2 aliphatic rings. The molecule has 1 atom stereocenters. The fourth-order valence-electron chi connectivity index (χ4n) is 3.72. The maximum absolute atomic E-state index is 12.5. The van der Waals surface area contributed by atoms with Gasteiger partial charge in [-0.15, -0.1) is 0 Å². The third kappa shape index (κ3) is 3.53. The summed E-state index contributed by atoms with van der Waals surface area (Å²) < 4.78 is 11.1. The number of carboxylic acids is 1. The average molecular weight is 333 g/mol. The quantitative estimate of drug-likeness (QED) is 0.885. The first-order valence-electron chi connectivity index (χ1n) is 8.38. The van der Waals surface area contributed by atoms with E-state index in [4.69, 9.17) is 14.6 Å². The van der Waals surface area contributed by atoms with Gasteiger partial charge in [-0.25, -0.2) is 4.79 Å². The Balaban J connectivity index is 1.69. The van der Waals surface area contributed by atoms with Gasteiger partial charge >= 0.3 is 5.97 Å². The fourth-order valence-corrected chi connectivity index (χ4v) is 3.72. The molecule has 0 bridgehead atoms. The van der Waals surface area contributed by atoms with E-state index in [1.807, 2.05) is 0 Å². The predicted molar refractivity (Wildman–Crippen MR) is 87.6 cm³/mol. The van der Waals surface area contributed by atoms with E-state index in [0.717, 1.165) is 19.3 Å². The summed E-state index contributed by atoms with van der Waals surface area (Å²) in [6.07, 6.45) is 6.55. The Morgan fingerprint density at radius 3 is 2.58 bits per heavy atom. The summed E-state index contributed by atoms with van der Waals surface area (Å²) in [6, 6.07) is 4.28. The van der Waals surface area contributed by atoms with Crippen molar-refractivity contribution in [3.8, 4) is 5.75 Å². The van der Waals surface area contributed by atoms with E-state index in [0.29, 0.717) is 12.4 Å². The highest BCUT2D eigenvalue weighted by Crippen LogP contribution is 2.39. The van der Waals surface area contributed by atoms with Crippen molar-refractivity contribution in [1.29, 1.82) is 0 Å². The van der Waals surface area contributed by atoms with Crippen LogP contribution in [0, 0.1) is 0 Å². The number of hydrogen-bond acceptors (Lipinski definition) is 4. The average Bonchev–Trinajstić information content (AvgIpc) is 2.96. The summed E-state index contributed by atoms with van der Waals surface area (Å²) in [5, 5.41) is 12.1. The lowest BCUT2D eigenvalue weighted by atomic mass is 9.82. The van der Waals surface area contributed by atoms with Crippen LogP contribution in [0.1, 0.15) is 59.2 Å². The minimum Gasteiger partial charge on any atom is -0.497 e. The molecule has 2 N–H and O–H groups in total. The van der Waals surface area contributed by atoms with E-state index in [2.05, 4.69) is 5.32 Å². The van der Waals surface area contributed by atoms with Crippen LogP contribution >= 0.6 is 0 Å². The number of amides is 1. The number of benzene rings is 1. The minimum absolute atomic E-state index is 0.0323. The fraction of sp³-hybridized carbons (Fsp3) is 0.556. The van der Waals surface area contributed by atoms with E-state index in [9.17, 15) is 9.59 Å². The zero-order valence-corrected chi connectivity index (χ0v) is 13.8. The lowest BCUT2D eigenvalue weighted by Crippen LogP contribution is -2.37. The minimum atomic E-state index is -1.09. The van der Waals surface area contributed by atoms with Crippen molar-refractivity contribution in [2.75, 3.05) is 13.7 Å². The Hall–Kier alpha value is -2.08. The molecule has 1 aromatic rings. The molecule has 130 valence electrons. The van der Waals surface area contributed by atoms with Crippen molar-refractivity contribution in [3.05, 3.63) is 29.3 Å². The van der Waals surface area contributed by atoms with Gasteiger partial charge in [-0.1, -0.05) is 19.3 Å². The molecule has 0 radical (unpaired) electrons. The van der Waals surface area contributed by atoms with E-state index in [1.165, 1.54) is 38.5 Å². The van der Waals surface area contributed by atoms with E-state index in [-0.39, 0.29) is 28.7 Å². The third-order valence-electron chi connectivity index (χ3n) is 4.96. The van der Waals surface area contributed by atoms with Crippen LogP contribution in [0.15, 0.2) is 18.2 Å². The van der Waals surface area contributed by atoms with Gasteiger partial charge in [0.25, 0.3) is 5.91 Å². The maximum Gasteiger partial charge on any atom is 0.335 e. The zero-order chi connectivity index (χ0) is 17.2. The molecule has 1 aliphatic carbocycles. The van der Waals surface area contributed by atoms with Crippen LogP contribution < -0.4 is 10.1 Å². The monoisotopic (exact) mass is 333 g/mol. The molecule has 1 heterocycles. The van der Waals surface area contributed by atoms with Crippen molar-refractivity contribution in [2.45, 2.75) is 50.2 Å². The van der Waals surface area contributed by atoms with Crippen LogP contribution in [0.3, 0.4) is 0 Å². The molecule has 1 aliphatic heterocycles. The number of carboxylic acid groups (broad SMARTS) is 1. The molecule has 3 rings (SSSR count). The molecule has 2 fully saturated rings. The van der Waals surface area contributed by atoms with Gasteiger partial charge in [0.2, 0.25) is 0 Å².